The number of benzene rings is 1. The predicted molar refractivity (Wildman–Crippen MR) is 97.2 cm³/mol. The molecule has 0 amide bonds. The third kappa shape index (κ3) is 4.63. The zero-order valence-corrected chi connectivity index (χ0v) is 16.1. The van der Waals surface area contributed by atoms with Gasteiger partial charge in [-0.05, 0) is 37.1 Å². The molecule has 8 nitrogen and oxygen atoms in total. The van der Waals surface area contributed by atoms with Crippen molar-refractivity contribution < 1.29 is 19.1 Å². The van der Waals surface area contributed by atoms with Crippen LogP contribution < -0.4 is 4.74 Å². The largest absolute Gasteiger partial charge is 0.488 e. The Labute approximate surface area is 165 Å². The second kappa shape index (κ2) is 8.77. The molecule has 3 rings (SSSR count). The van der Waals surface area contributed by atoms with Crippen molar-refractivity contribution in [1.29, 1.82) is 0 Å². The lowest BCUT2D eigenvalue weighted by molar-refractivity contribution is -0.128. The first-order valence-electron chi connectivity index (χ1n) is 8.54. The number of tetrazole rings is 1. The van der Waals surface area contributed by atoms with Crippen LogP contribution in [0.15, 0.2) is 18.5 Å². The number of halogens is 2. The molecule has 2 aromatic rings. The summed E-state index contributed by atoms with van der Waals surface area (Å²) in [6.07, 6.45) is 1.72. The smallest absolute Gasteiger partial charge is 0.200 e. The van der Waals surface area contributed by atoms with Crippen LogP contribution in [0.4, 0.5) is 0 Å². The highest BCUT2D eigenvalue weighted by atomic mass is 35.5. The molecular formula is C17H18Cl2N4O4. The molecule has 1 atom stereocenters. The Hall–Kier alpha value is -2.03. The van der Waals surface area contributed by atoms with E-state index in [2.05, 4.69) is 15.4 Å². The zero-order chi connectivity index (χ0) is 19.4. The van der Waals surface area contributed by atoms with Crippen molar-refractivity contribution in [2.75, 3.05) is 13.2 Å². The number of aromatic nitrogens is 4. The molecule has 0 radical (unpaired) electrons. The van der Waals surface area contributed by atoms with Gasteiger partial charge >= 0.3 is 0 Å². The number of ether oxygens (including phenoxy) is 2. The molecule has 0 bridgehead atoms. The molecule has 1 aliphatic carbocycles. The number of ketones is 2. The van der Waals surface area contributed by atoms with Gasteiger partial charge in [-0.25, -0.2) is 0 Å². The fourth-order valence-electron chi connectivity index (χ4n) is 2.55. The van der Waals surface area contributed by atoms with Crippen molar-refractivity contribution in [2.45, 2.75) is 32.4 Å². The van der Waals surface area contributed by atoms with Crippen LogP contribution in [-0.2, 0) is 16.1 Å². The van der Waals surface area contributed by atoms with Crippen molar-refractivity contribution in [1.82, 2.24) is 20.2 Å². The van der Waals surface area contributed by atoms with E-state index in [9.17, 15) is 9.59 Å². The summed E-state index contributed by atoms with van der Waals surface area (Å²) in [7, 11) is 0. The van der Waals surface area contributed by atoms with Gasteiger partial charge in [-0.15, -0.1) is 10.2 Å². The quantitative estimate of drug-likeness (QED) is 0.436. The van der Waals surface area contributed by atoms with Gasteiger partial charge in [-0.2, -0.15) is 4.80 Å². The normalized spacial score (nSPS) is 14.8. The Bertz CT molecular complexity index is 825. The van der Waals surface area contributed by atoms with E-state index in [0.29, 0.717) is 6.54 Å². The summed E-state index contributed by atoms with van der Waals surface area (Å²) in [5.74, 6) is -0.633. The fraction of sp³-hybridized carbons (Fsp3) is 0.471. The third-order valence-corrected chi connectivity index (χ3v) is 4.73. The summed E-state index contributed by atoms with van der Waals surface area (Å²) in [6, 6.07) is 2.99. The van der Waals surface area contributed by atoms with Crippen molar-refractivity contribution in [2.24, 2.45) is 5.92 Å². The van der Waals surface area contributed by atoms with E-state index >= 15 is 0 Å². The van der Waals surface area contributed by atoms with Crippen LogP contribution in [0.1, 0.15) is 30.1 Å². The molecule has 0 N–H and O–H groups in total. The number of carbonyl (C=O) groups excluding carboxylic acids is 2. The molecular weight excluding hydrogens is 395 g/mol. The molecule has 0 aliphatic heterocycles. The van der Waals surface area contributed by atoms with E-state index in [1.165, 1.54) is 23.3 Å². The average molecular weight is 413 g/mol. The number of Topliss-reactive ketones (excluding diaryl/α,β-unsaturated/α-hetero) is 2. The maximum Gasteiger partial charge on any atom is 0.200 e. The average Bonchev–Trinajstić information content (AvgIpc) is 3.38. The zero-order valence-electron chi connectivity index (χ0n) is 14.6. The van der Waals surface area contributed by atoms with Crippen molar-refractivity contribution in [3.8, 4) is 5.75 Å². The van der Waals surface area contributed by atoms with Crippen molar-refractivity contribution in [3.05, 3.63) is 34.1 Å². The SMILES string of the molecule is CCOC(C(=O)c1ccc(Cl)c(OCCn2ncnn2)c1Cl)C(=O)C1CC1. The molecule has 10 heteroatoms. The van der Waals surface area contributed by atoms with Gasteiger partial charge in [-0.1, -0.05) is 23.2 Å². The Kier molecular flexibility index (Phi) is 6.41. The molecule has 27 heavy (non-hydrogen) atoms. The summed E-state index contributed by atoms with van der Waals surface area (Å²) in [6.45, 7) is 2.47. The molecule has 1 saturated carbocycles. The maximum absolute atomic E-state index is 12.9. The Balaban J connectivity index is 1.78. The summed E-state index contributed by atoms with van der Waals surface area (Å²) < 4.78 is 11.0. The highest BCUT2D eigenvalue weighted by molar-refractivity contribution is 6.39. The van der Waals surface area contributed by atoms with Crippen molar-refractivity contribution in [3.63, 3.8) is 0 Å². The van der Waals surface area contributed by atoms with Crippen molar-refractivity contribution >= 4 is 34.8 Å². The minimum absolute atomic E-state index is 0.0485. The maximum atomic E-state index is 12.9. The van der Waals surface area contributed by atoms with E-state index in [-0.39, 0.29) is 46.3 Å². The molecule has 1 aromatic heterocycles. The lowest BCUT2D eigenvalue weighted by atomic mass is 10.00. The fourth-order valence-corrected chi connectivity index (χ4v) is 3.13. The predicted octanol–water partition coefficient (Wildman–Crippen LogP) is 2.63. The number of hydrogen-bond donors (Lipinski definition) is 0. The summed E-state index contributed by atoms with van der Waals surface area (Å²) >= 11 is 12.5. The van der Waals surface area contributed by atoms with Gasteiger partial charge in [0.15, 0.2) is 24.0 Å². The van der Waals surface area contributed by atoms with E-state index in [1.54, 1.807) is 6.92 Å². The first-order valence-corrected chi connectivity index (χ1v) is 9.29. The molecule has 0 spiro atoms. The van der Waals surface area contributed by atoms with Crippen LogP contribution in [0.25, 0.3) is 0 Å². The standard InChI is InChI=1S/C17H18Cl2N4O4/c1-2-26-17(14(24)10-3-4-10)15(25)11-5-6-12(18)16(13(11)19)27-8-7-23-21-9-20-22-23/h5-6,9-10,17H,2-4,7-8H2,1H3. The summed E-state index contributed by atoms with van der Waals surface area (Å²) in [5, 5.41) is 11.5. The lowest BCUT2D eigenvalue weighted by Crippen LogP contribution is -2.34. The van der Waals surface area contributed by atoms with Gasteiger partial charge < -0.3 is 9.47 Å². The monoisotopic (exact) mass is 412 g/mol. The van der Waals surface area contributed by atoms with E-state index in [4.69, 9.17) is 32.7 Å². The first kappa shape index (κ1) is 19.7. The van der Waals surface area contributed by atoms with E-state index < -0.39 is 11.9 Å². The van der Waals surface area contributed by atoms with Crippen LogP contribution in [0.5, 0.6) is 5.75 Å². The van der Waals surface area contributed by atoms with Crippen LogP contribution >= 0.6 is 23.2 Å². The highest BCUT2D eigenvalue weighted by Gasteiger charge is 2.39. The molecule has 144 valence electrons. The van der Waals surface area contributed by atoms with E-state index in [0.717, 1.165) is 12.8 Å². The summed E-state index contributed by atoms with van der Waals surface area (Å²) in [5.41, 5.74) is 0.141. The van der Waals surface area contributed by atoms with Gasteiger partial charge in [0.1, 0.15) is 6.61 Å². The highest BCUT2D eigenvalue weighted by Crippen LogP contribution is 2.37. The van der Waals surface area contributed by atoms with Crippen LogP contribution in [0.2, 0.25) is 10.0 Å². The molecule has 1 fully saturated rings. The van der Waals surface area contributed by atoms with Gasteiger partial charge in [-0.3, -0.25) is 9.59 Å². The van der Waals surface area contributed by atoms with Crippen LogP contribution in [0.3, 0.4) is 0 Å². The number of carbonyl (C=O) groups is 2. The molecule has 1 aromatic carbocycles. The number of nitrogens with zero attached hydrogens (tertiary/aromatic N) is 4. The minimum atomic E-state index is -1.16. The molecule has 1 aliphatic rings. The van der Waals surface area contributed by atoms with Gasteiger partial charge in [0, 0.05) is 18.1 Å². The minimum Gasteiger partial charge on any atom is -0.488 e. The first-order chi connectivity index (χ1) is 13.0. The second-order valence-corrected chi connectivity index (χ2v) is 6.78. The van der Waals surface area contributed by atoms with Gasteiger partial charge in [0.05, 0.1) is 16.6 Å². The lowest BCUT2D eigenvalue weighted by Gasteiger charge is -2.17. The number of hydrogen-bond acceptors (Lipinski definition) is 7. The van der Waals surface area contributed by atoms with E-state index in [1.807, 2.05) is 0 Å². The Morgan fingerprint density at radius 1 is 1.33 bits per heavy atom. The molecule has 0 saturated heterocycles. The topological polar surface area (TPSA) is 96.2 Å². The Morgan fingerprint density at radius 3 is 2.74 bits per heavy atom. The molecule has 1 unspecified atom stereocenters. The van der Waals surface area contributed by atoms with Crippen LogP contribution in [0, 0.1) is 5.92 Å². The Morgan fingerprint density at radius 2 is 2.11 bits per heavy atom. The van der Waals surface area contributed by atoms with Crippen LogP contribution in [-0.4, -0.2) is 51.1 Å². The number of rotatable bonds is 10. The molecule has 1 heterocycles. The second-order valence-electron chi connectivity index (χ2n) is 5.99. The van der Waals surface area contributed by atoms with Gasteiger partial charge in [0.25, 0.3) is 0 Å². The van der Waals surface area contributed by atoms with Gasteiger partial charge in [0.2, 0.25) is 5.78 Å². The third-order valence-electron chi connectivity index (χ3n) is 4.05. The summed E-state index contributed by atoms with van der Waals surface area (Å²) in [4.78, 5) is 26.6.